The molecule has 1 aromatic heterocycles. The molecule has 96 valence electrons. The average Bonchev–Trinajstić information content (AvgIpc) is 2.27. The summed E-state index contributed by atoms with van der Waals surface area (Å²) in [4.78, 5) is 11.9. The Bertz CT molecular complexity index is 623. The number of benzene rings is 1. The average molecular weight is 246 g/mol. The molecule has 1 aromatic carbocycles. The van der Waals surface area contributed by atoms with Crippen molar-refractivity contribution in [1.82, 2.24) is 0 Å². The van der Waals surface area contributed by atoms with Crippen LogP contribution in [-0.2, 0) is 6.42 Å². The van der Waals surface area contributed by atoms with E-state index in [4.69, 9.17) is 4.42 Å². The minimum absolute atomic E-state index is 0.111. The van der Waals surface area contributed by atoms with Crippen LogP contribution in [0.2, 0.25) is 0 Å². The standard InChI is InChI=1S/C15H18O3/c1-9(2)4-6-13-10(3)12-7-5-11(16)8-14(12)18-15(13)17/h5,7-9,16H,4,6H2,1-3H3. The predicted molar refractivity (Wildman–Crippen MR) is 72.0 cm³/mol. The van der Waals surface area contributed by atoms with Gasteiger partial charge in [0.05, 0.1) is 0 Å². The lowest BCUT2D eigenvalue weighted by Gasteiger charge is -2.09. The summed E-state index contributed by atoms with van der Waals surface area (Å²) in [5.41, 5.74) is 1.88. The first-order valence-electron chi connectivity index (χ1n) is 6.24. The van der Waals surface area contributed by atoms with Gasteiger partial charge in [-0.3, -0.25) is 0 Å². The summed E-state index contributed by atoms with van der Waals surface area (Å²) in [5.74, 6) is 0.666. The number of rotatable bonds is 3. The summed E-state index contributed by atoms with van der Waals surface area (Å²) in [5, 5.41) is 10.3. The van der Waals surface area contributed by atoms with Gasteiger partial charge in [0.2, 0.25) is 0 Å². The molecule has 1 heterocycles. The summed E-state index contributed by atoms with van der Waals surface area (Å²) in [6, 6.07) is 4.89. The largest absolute Gasteiger partial charge is 0.508 e. The Morgan fingerprint density at radius 2 is 2.06 bits per heavy atom. The SMILES string of the molecule is Cc1c(CCC(C)C)c(=O)oc2cc(O)ccc12. The molecule has 0 radical (unpaired) electrons. The van der Waals surface area contributed by atoms with Crippen LogP contribution in [0.3, 0.4) is 0 Å². The van der Waals surface area contributed by atoms with Crippen molar-refractivity contribution in [3.05, 3.63) is 39.7 Å². The number of hydrogen-bond donors (Lipinski definition) is 1. The van der Waals surface area contributed by atoms with Crippen molar-refractivity contribution in [3.63, 3.8) is 0 Å². The Balaban J connectivity index is 2.55. The van der Waals surface area contributed by atoms with E-state index < -0.39 is 0 Å². The third kappa shape index (κ3) is 2.40. The second kappa shape index (κ2) is 4.84. The monoisotopic (exact) mass is 246 g/mol. The van der Waals surface area contributed by atoms with Gasteiger partial charge >= 0.3 is 5.63 Å². The van der Waals surface area contributed by atoms with Gasteiger partial charge in [0.15, 0.2) is 0 Å². The molecule has 0 saturated carbocycles. The highest BCUT2D eigenvalue weighted by Crippen LogP contribution is 2.24. The Morgan fingerprint density at radius 3 is 2.72 bits per heavy atom. The Kier molecular flexibility index (Phi) is 3.41. The van der Waals surface area contributed by atoms with E-state index in [2.05, 4.69) is 13.8 Å². The normalized spacial score (nSPS) is 11.3. The lowest BCUT2D eigenvalue weighted by Crippen LogP contribution is -2.11. The minimum Gasteiger partial charge on any atom is -0.508 e. The number of aryl methyl sites for hydroxylation is 1. The van der Waals surface area contributed by atoms with Crippen molar-refractivity contribution < 1.29 is 9.52 Å². The lowest BCUT2D eigenvalue weighted by molar-refractivity contribution is 0.472. The van der Waals surface area contributed by atoms with Crippen LogP contribution in [0.5, 0.6) is 5.75 Å². The maximum Gasteiger partial charge on any atom is 0.339 e. The fraction of sp³-hybridized carbons (Fsp3) is 0.400. The fourth-order valence-electron chi connectivity index (χ4n) is 2.10. The summed E-state index contributed by atoms with van der Waals surface area (Å²) >= 11 is 0. The first-order valence-corrected chi connectivity index (χ1v) is 6.24. The van der Waals surface area contributed by atoms with Crippen molar-refractivity contribution in [3.8, 4) is 5.75 Å². The van der Waals surface area contributed by atoms with Crippen molar-refractivity contribution in [2.45, 2.75) is 33.6 Å². The van der Waals surface area contributed by atoms with Crippen LogP contribution in [0.1, 0.15) is 31.4 Å². The van der Waals surface area contributed by atoms with Crippen LogP contribution in [0.4, 0.5) is 0 Å². The molecule has 2 rings (SSSR count). The third-order valence-electron chi connectivity index (χ3n) is 3.24. The van der Waals surface area contributed by atoms with Crippen LogP contribution >= 0.6 is 0 Å². The molecule has 0 amide bonds. The van der Waals surface area contributed by atoms with E-state index in [1.165, 1.54) is 6.07 Å². The predicted octanol–water partition coefficient (Wildman–Crippen LogP) is 3.40. The van der Waals surface area contributed by atoms with Gasteiger partial charge in [-0.25, -0.2) is 4.79 Å². The second-order valence-electron chi connectivity index (χ2n) is 5.11. The number of hydrogen-bond acceptors (Lipinski definition) is 3. The molecule has 0 spiro atoms. The molecule has 3 heteroatoms. The molecule has 0 aliphatic heterocycles. The van der Waals surface area contributed by atoms with E-state index in [0.717, 1.165) is 29.4 Å². The molecule has 1 N–H and O–H groups in total. The maximum absolute atomic E-state index is 11.9. The zero-order valence-electron chi connectivity index (χ0n) is 11.0. The van der Waals surface area contributed by atoms with Crippen LogP contribution in [0, 0.1) is 12.8 Å². The maximum atomic E-state index is 11.9. The highest BCUT2D eigenvalue weighted by atomic mass is 16.4. The summed E-state index contributed by atoms with van der Waals surface area (Å²) in [7, 11) is 0. The topological polar surface area (TPSA) is 50.4 Å². The van der Waals surface area contributed by atoms with Gasteiger partial charge in [-0.05, 0) is 43.4 Å². The smallest absolute Gasteiger partial charge is 0.339 e. The van der Waals surface area contributed by atoms with E-state index in [1.54, 1.807) is 12.1 Å². The van der Waals surface area contributed by atoms with Crippen LogP contribution < -0.4 is 5.63 Å². The van der Waals surface area contributed by atoms with Crippen LogP contribution in [-0.4, -0.2) is 5.11 Å². The summed E-state index contributed by atoms with van der Waals surface area (Å²) < 4.78 is 5.27. The number of phenols is 1. The molecule has 0 bridgehead atoms. The van der Waals surface area contributed by atoms with E-state index in [9.17, 15) is 9.90 Å². The van der Waals surface area contributed by atoms with E-state index in [0.29, 0.717) is 11.5 Å². The first kappa shape index (κ1) is 12.7. The highest BCUT2D eigenvalue weighted by Gasteiger charge is 2.12. The number of fused-ring (bicyclic) bond motifs is 1. The van der Waals surface area contributed by atoms with Crippen LogP contribution in [0.15, 0.2) is 27.4 Å². The summed E-state index contributed by atoms with van der Waals surface area (Å²) in [6.07, 6.45) is 1.71. The molecule has 0 atom stereocenters. The first-order chi connectivity index (χ1) is 8.49. The Labute approximate surface area is 106 Å². The van der Waals surface area contributed by atoms with Crippen LogP contribution in [0.25, 0.3) is 11.0 Å². The Hall–Kier alpha value is -1.77. The molecule has 0 fully saturated rings. The van der Waals surface area contributed by atoms with Crippen molar-refractivity contribution in [2.24, 2.45) is 5.92 Å². The highest BCUT2D eigenvalue weighted by molar-refractivity contribution is 5.82. The van der Waals surface area contributed by atoms with Gasteiger partial charge in [0.1, 0.15) is 11.3 Å². The van der Waals surface area contributed by atoms with Gasteiger partial charge in [0, 0.05) is 17.0 Å². The Morgan fingerprint density at radius 1 is 1.33 bits per heavy atom. The molecule has 0 unspecified atom stereocenters. The molecular formula is C15H18O3. The van der Waals surface area contributed by atoms with Crippen molar-refractivity contribution in [1.29, 1.82) is 0 Å². The molecule has 0 aliphatic rings. The molecule has 2 aromatic rings. The quantitative estimate of drug-likeness (QED) is 0.844. The van der Waals surface area contributed by atoms with E-state index in [1.807, 2.05) is 6.92 Å². The second-order valence-corrected chi connectivity index (χ2v) is 5.11. The van der Waals surface area contributed by atoms with E-state index in [-0.39, 0.29) is 11.4 Å². The molecule has 18 heavy (non-hydrogen) atoms. The van der Waals surface area contributed by atoms with Gasteiger partial charge in [-0.1, -0.05) is 13.8 Å². The zero-order valence-corrected chi connectivity index (χ0v) is 11.0. The molecule has 3 nitrogen and oxygen atoms in total. The van der Waals surface area contributed by atoms with Gasteiger partial charge in [-0.2, -0.15) is 0 Å². The van der Waals surface area contributed by atoms with Crippen molar-refractivity contribution >= 4 is 11.0 Å². The van der Waals surface area contributed by atoms with Gasteiger partial charge < -0.3 is 9.52 Å². The molecule has 0 aliphatic carbocycles. The molecular weight excluding hydrogens is 228 g/mol. The number of phenolic OH excluding ortho intramolecular Hbond substituents is 1. The van der Waals surface area contributed by atoms with E-state index >= 15 is 0 Å². The zero-order chi connectivity index (χ0) is 13.3. The third-order valence-corrected chi connectivity index (χ3v) is 3.24. The summed E-state index contributed by atoms with van der Waals surface area (Å²) in [6.45, 7) is 6.21. The van der Waals surface area contributed by atoms with Gasteiger partial charge in [-0.15, -0.1) is 0 Å². The molecule has 0 saturated heterocycles. The fourth-order valence-corrected chi connectivity index (χ4v) is 2.10. The van der Waals surface area contributed by atoms with Gasteiger partial charge in [0.25, 0.3) is 0 Å². The van der Waals surface area contributed by atoms with Crippen molar-refractivity contribution in [2.75, 3.05) is 0 Å². The number of aromatic hydroxyl groups is 1. The minimum atomic E-state index is -0.286. The lowest BCUT2D eigenvalue weighted by atomic mass is 9.98.